The average Bonchev–Trinajstić information content (AvgIpc) is 2.83. The van der Waals surface area contributed by atoms with E-state index in [0.717, 1.165) is 15.0 Å². The molecule has 2 aromatic rings. The van der Waals surface area contributed by atoms with Crippen LogP contribution in [-0.4, -0.2) is 25.2 Å². The van der Waals surface area contributed by atoms with Crippen molar-refractivity contribution >= 4 is 33.2 Å². The van der Waals surface area contributed by atoms with E-state index in [-0.39, 0.29) is 12.6 Å². The Morgan fingerprint density at radius 3 is 2.74 bits per heavy atom. The molecule has 0 saturated carbocycles. The van der Waals surface area contributed by atoms with Crippen LogP contribution in [0.1, 0.15) is 15.4 Å². The standard InChI is InChI=1S/C13H12BrNO3S/c1-17-7-10-11(13(16)18-2)19-12(15-10)8-5-3-4-6-9(8)14/h3-6H,7H2,1-2H3. The molecule has 0 unspecified atom stereocenters. The summed E-state index contributed by atoms with van der Waals surface area (Å²) in [6.45, 7) is 0.283. The normalized spacial score (nSPS) is 10.5. The van der Waals surface area contributed by atoms with Crippen molar-refractivity contribution in [2.45, 2.75) is 6.61 Å². The van der Waals surface area contributed by atoms with Gasteiger partial charge >= 0.3 is 5.97 Å². The molecule has 0 fully saturated rings. The van der Waals surface area contributed by atoms with Crippen LogP contribution in [0.2, 0.25) is 0 Å². The van der Waals surface area contributed by atoms with Crippen molar-refractivity contribution in [2.75, 3.05) is 14.2 Å². The second-order valence-electron chi connectivity index (χ2n) is 3.70. The van der Waals surface area contributed by atoms with E-state index in [4.69, 9.17) is 9.47 Å². The van der Waals surface area contributed by atoms with Crippen molar-refractivity contribution in [3.63, 3.8) is 0 Å². The molecule has 19 heavy (non-hydrogen) atoms. The summed E-state index contributed by atoms with van der Waals surface area (Å²) in [6.07, 6.45) is 0. The van der Waals surface area contributed by atoms with Crippen molar-refractivity contribution in [2.24, 2.45) is 0 Å². The first-order chi connectivity index (χ1) is 9.17. The highest BCUT2D eigenvalue weighted by Crippen LogP contribution is 2.33. The third-order valence-corrected chi connectivity index (χ3v) is 4.26. The summed E-state index contributed by atoms with van der Waals surface area (Å²) >= 11 is 4.78. The Kier molecular flexibility index (Phi) is 4.68. The zero-order valence-corrected chi connectivity index (χ0v) is 12.9. The highest BCUT2D eigenvalue weighted by Gasteiger charge is 2.20. The van der Waals surface area contributed by atoms with Gasteiger partial charge < -0.3 is 9.47 Å². The van der Waals surface area contributed by atoms with Crippen LogP contribution in [0.4, 0.5) is 0 Å². The fraction of sp³-hybridized carbons (Fsp3) is 0.231. The van der Waals surface area contributed by atoms with Crippen molar-refractivity contribution in [3.05, 3.63) is 39.3 Å². The van der Waals surface area contributed by atoms with Crippen LogP contribution < -0.4 is 0 Å². The highest BCUT2D eigenvalue weighted by atomic mass is 79.9. The largest absolute Gasteiger partial charge is 0.465 e. The lowest BCUT2D eigenvalue weighted by molar-refractivity contribution is 0.0601. The fourth-order valence-electron chi connectivity index (χ4n) is 1.59. The molecule has 1 aromatic heterocycles. The van der Waals surface area contributed by atoms with E-state index in [1.807, 2.05) is 24.3 Å². The van der Waals surface area contributed by atoms with Crippen LogP contribution in [0.25, 0.3) is 10.6 Å². The SMILES string of the molecule is COCc1nc(-c2ccccc2Br)sc1C(=O)OC. The molecule has 0 aliphatic rings. The molecule has 4 nitrogen and oxygen atoms in total. The summed E-state index contributed by atoms with van der Waals surface area (Å²) in [6, 6.07) is 7.73. The third-order valence-electron chi connectivity index (χ3n) is 2.45. The van der Waals surface area contributed by atoms with Gasteiger partial charge in [0.25, 0.3) is 0 Å². The number of hydrogen-bond acceptors (Lipinski definition) is 5. The molecule has 0 radical (unpaired) electrons. The van der Waals surface area contributed by atoms with E-state index in [1.54, 1.807) is 7.11 Å². The van der Waals surface area contributed by atoms with Gasteiger partial charge in [0.05, 0.1) is 19.4 Å². The number of rotatable bonds is 4. The Hall–Kier alpha value is -1.24. The summed E-state index contributed by atoms with van der Waals surface area (Å²) in [4.78, 5) is 16.7. The van der Waals surface area contributed by atoms with Gasteiger partial charge in [0.1, 0.15) is 9.88 Å². The lowest BCUT2D eigenvalue weighted by atomic mass is 10.2. The quantitative estimate of drug-likeness (QED) is 0.798. The maximum Gasteiger partial charge on any atom is 0.350 e. The Morgan fingerprint density at radius 1 is 1.37 bits per heavy atom. The Bertz CT molecular complexity index is 597. The van der Waals surface area contributed by atoms with Crippen LogP contribution in [0, 0.1) is 0 Å². The van der Waals surface area contributed by atoms with Gasteiger partial charge in [-0.05, 0) is 6.07 Å². The van der Waals surface area contributed by atoms with E-state index >= 15 is 0 Å². The van der Waals surface area contributed by atoms with Gasteiger partial charge in [0.15, 0.2) is 0 Å². The first-order valence-electron chi connectivity index (χ1n) is 5.49. The van der Waals surface area contributed by atoms with E-state index in [0.29, 0.717) is 10.6 Å². The highest BCUT2D eigenvalue weighted by molar-refractivity contribution is 9.10. The maximum atomic E-state index is 11.7. The second kappa shape index (κ2) is 6.27. The lowest BCUT2D eigenvalue weighted by Crippen LogP contribution is -2.03. The van der Waals surface area contributed by atoms with Gasteiger partial charge in [-0.1, -0.05) is 34.1 Å². The summed E-state index contributed by atoms with van der Waals surface area (Å²) in [5.41, 5.74) is 1.55. The number of hydrogen-bond donors (Lipinski definition) is 0. The van der Waals surface area contributed by atoms with E-state index in [1.165, 1.54) is 18.4 Å². The van der Waals surface area contributed by atoms with Crippen molar-refractivity contribution in [1.29, 1.82) is 0 Å². The third kappa shape index (κ3) is 3.02. The molecule has 0 aliphatic heterocycles. The van der Waals surface area contributed by atoms with Gasteiger partial charge in [-0.3, -0.25) is 0 Å². The van der Waals surface area contributed by atoms with E-state index in [9.17, 15) is 4.79 Å². The van der Waals surface area contributed by atoms with Gasteiger partial charge in [-0.25, -0.2) is 9.78 Å². The Balaban J connectivity index is 2.48. The lowest BCUT2D eigenvalue weighted by Gasteiger charge is -1.98. The van der Waals surface area contributed by atoms with Crippen molar-refractivity contribution < 1.29 is 14.3 Å². The molecule has 2 rings (SSSR count). The summed E-state index contributed by atoms with van der Waals surface area (Å²) < 4.78 is 10.8. The first-order valence-corrected chi connectivity index (χ1v) is 7.10. The number of carbonyl (C=O) groups excluding carboxylic acids is 1. The molecule has 0 bridgehead atoms. The van der Waals surface area contributed by atoms with Crippen LogP contribution in [0.5, 0.6) is 0 Å². The fourth-order valence-corrected chi connectivity index (χ4v) is 3.22. The Morgan fingerprint density at radius 2 is 2.11 bits per heavy atom. The van der Waals surface area contributed by atoms with Crippen LogP contribution in [0.15, 0.2) is 28.7 Å². The van der Waals surface area contributed by atoms with Crippen LogP contribution in [0.3, 0.4) is 0 Å². The van der Waals surface area contributed by atoms with Crippen LogP contribution in [-0.2, 0) is 16.1 Å². The molecule has 0 spiro atoms. The maximum absolute atomic E-state index is 11.7. The first kappa shape index (κ1) is 14.2. The summed E-state index contributed by atoms with van der Waals surface area (Å²) in [5.74, 6) is -0.386. The average molecular weight is 342 g/mol. The van der Waals surface area contributed by atoms with Crippen molar-refractivity contribution in [1.82, 2.24) is 4.98 Å². The van der Waals surface area contributed by atoms with Crippen molar-refractivity contribution in [3.8, 4) is 10.6 Å². The van der Waals surface area contributed by atoms with Crippen LogP contribution >= 0.6 is 27.3 Å². The second-order valence-corrected chi connectivity index (χ2v) is 5.55. The van der Waals surface area contributed by atoms with E-state index < -0.39 is 0 Å². The molecule has 6 heteroatoms. The smallest absolute Gasteiger partial charge is 0.350 e. The molecule has 0 aliphatic carbocycles. The minimum absolute atomic E-state index is 0.283. The molecule has 0 N–H and O–H groups in total. The molecular formula is C13H12BrNO3S. The monoisotopic (exact) mass is 341 g/mol. The number of carbonyl (C=O) groups is 1. The number of benzene rings is 1. The number of thiazole rings is 1. The predicted octanol–water partition coefficient (Wildman–Crippen LogP) is 3.51. The Labute approximate surface area is 123 Å². The topological polar surface area (TPSA) is 48.4 Å². The minimum atomic E-state index is -0.386. The number of halogens is 1. The number of methoxy groups -OCH3 is 2. The molecular weight excluding hydrogens is 330 g/mol. The van der Waals surface area contributed by atoms with Gasteiger partial charge in [-0.15, -0.1) is 11.3 Å². The summed E-state index contributed by atoms with van der Waals surface area (Å²) in [5, 5.41) is 0.764. The minimum Gasteiger partial charge on any atom is -0.465 e. The molecule has 0 amide bonds. The van der Waals surface area contributed by atoms with E-state index in [2.05, 4.69) is 20.9 Å². The zero-order valence-electron chi connectivity index (χ0n) is 10.5. The molecule has 100 valence electrons. The van der Waals surface area contributed by atoms with Gasteiger partial charge in [0.2, 0.25) is 0 Å². The number of aromatic nitrogens is 1. The zero-order chi connectivity index (χ0) is 13.8. The number of esters is 1. The number of ether oxygens (including phenoxy) is 2. The number of nitrogens with zero attached hydrogens (tertiary/aromatic N) is 1. The van der Waals surface area contributed by atoms with Gasteiger partial charge in [0, 0.05) is 17.1 Å². The molecule has 1 heterocycles. The summed E-state index contributed by atoms with van der Waals surface area (Å²) in [7, 11) is 2.93. The molecule has 1 aromatic carbocycles. The predicted molar refractivity (Wildman–Crippen MR) is 77.3 cm³/mol. The molecule has 0 saturated heterocycles. The van der Waals surface area contributed by atoms with Gasteiger partial charge in [-0.2, -0.15) is 0 Å². The molecule has 0 atom stereocenters.